The normalized spacial score (nSPS) is 15.6. The summed E-state index contributed by atoms with van der Waals surface area (Å²) in [6.45, 7) is 0.374. The Kier molecular flexibility index (Phi) is 5.57. The Balaban J connectivity index is 1.51. The lowest BCUT2D eigenvalue weighted by Gasteiger charge is -2.35. The highest BCUT2D eigenvalue weighted by atomic mass is 32.2. The van der Waals surface area contributed by atoms with Crippen molar-refractivity contribution in [3.8, 4) is 5.69 Å². The van der Waals surface area contributed by atoms with E-state index in [1.54, 1.807) is 9.58 Å². The molecule has 1 atom stereocenters. The summed E-state index contributed by atoms with van der Waals surface area (Å²) in [6, 6.07) is 16.7. The number of nitrogens with zero attached hydrogens (tertiary/aromatic N) is 5. The topological polar surface area (TPSA) is 90.2 Å². The second-order valence-corrected chi connectivity index (χ2v) is 7.47. The number of benzene rings is 2. The van der Waals surface area contributed by atoms with E-state index in [2.05, 4.69) is 15.5 Å². The second-order valence-electron chi connectivity index (χ2n) is 6.53. The van der Waals surface area contributed by atoms with Crippen molar-refractivity contribution in [3.63, 3.8) is 0 Å². The van der Waals surface area contributed by atoms with Gasteiger partial charge in [0.15, 0.2) is 0 Å². The zero-order valence-corrected chi connectivity index (χ0v) is 16.6. The highest BCUT2D eigenvalue weighted by Gasteiger charge is 2.35. The van der Waals surface area contributed by atoms with Gasteiger partial charge in [-0.15, -0.1) is 5.10 Å². The summed E-state index contributed by atoms with van der Waals surface area (Å²) in [5, 5.41) is 12.2. The van der Waals surface area contributed by atoms with Gasteiger partial charge in [0.2, 0.25) is 11.1 Å². The molecule has 1 amide bonds. The SMILES string of the molecule is COC(=O)[C@@H]1Cc2ccccc2CN1C(=O)CSc1nnnn1-c1ccccc1. The molecule has 0 saturated heterocycles. The third-order valence-electron chi connectivity index (χ3n) is 4.81. The quantitative estimate of drug-likeness (QED) is 0.469. The fourth-order valence-corrected chi connectivity index (χ4v) is 4.12. The van der Waals surface area contributed by atoms with E-state index in [0.717, 1.165) is 16.8 Å². The van der Waals surface area contributed by atoms with Gasteiger partial charge < -0.3 is 9.64 Å². The van der Waals surface area contributed by atoms with Gasteiger partial charge in [0.05, 0.1) is 18.6 Å². The van der Waals surface area contributed by atoms with Crippen LogP contribution in [0.15, 0.2) is 59.8 Å². The Morgan fingerprint density at radius 1 is 1.10 bits per heavy atom. The molecule has 0 aliphatic carbocycles. The summed E-state index contributed by atoms with van der Waals surface area (Å²) in [4.78, 5) is 26.9. The maximum atomic E-state index is 13.0. The molecule has 148 valence electrons. The summed E-state index contributed by atoms with van der Waals surface area (Å²) in [5.74, 6) is -0.461. The van der Waals surface area contributed by atoms with Crippen molar-refractivity contribution in [2.45, 2.75) is 24.2 Å². The number of tetrazole rings is 1. The number of fused-ring (bicyclic) bond motifs is 1. The average Bonchev–Trinajstić information content (AvgIpc) is 3.25. The maximum Gasteiger partial charge on any atom is 0.328 e. The summed E-state index contributed by atoms with van der Waals surface area (Å²) in [5.41, 5.74) is 2.92. The number of amides is 1. The maximum absolute atomic E-state index is 13.0. The molecule has 0 saturated carbocycles. The molecule has 29 heavy (non-hydrogen) atoms. The van der Waals surface area contributed by atoms with Gasteiger partial charge in [-0.25, -0.2) is 4.79 Å². The van der Waals surface area contributed by atoms with Crippen LogP contribution in [0.5, 0.6) is 0 Å². The molecule has 0 bridgehead atoms. The van der Waals surface area contributed by atoms with Crippen molar-refractivity contribution in [1.82, 2.24) is 25.1 Å². The Bertz CT molecular complexity index is 1020. The van der Waals surface area contributed by atoms with Crippen molar-refractivity contribution in [1.29, 1.82) is 0 Å². The number of carbonyl (C=O) groups excluding carboxylic acids is 2. The van der Waals surface area contributed by atoms with E-state index in [4.69, 9.17) is 4.74 Å². The molecule has 1 aliphatic rings. The van der Waals surface area contributed by atoms with E-state index in [1.807, 2.05) is 54.6 Å². The minimum atomic E-state index is -0.631. The number of para-hydroxylation sites is 1. The van der Waals surface area contributed by atoms with Crippen molar-refractivity contribution in [3.05, 3.63) is 65.7 Å². The molecule has 4 rings (SSSR count). The minimum absolute atomic E-state index is 0.114. The van der Waals surface area contributed by atoms with Crippen molar-refractivity contribution in [2.24, 2.45) is 0 Å². The Hall–Kier alpha value is -3.20. The molecule has 1 aromatic heterocycles. The van der Waals surface area contributed by atoms with Crippen LogP contribution < -0.4 is 0 Å². The average molecular weight is 409 g/mol. The molecule has 9 heteroatoms. The lowest BCUT2D eigenvalue weighted by Crippen LogP contribution is -2.49. The van der Waals surface area contributed by atoms with E-state index in [1.165, 1.54) is 18.9 Å². The summed E-state index contributed by atoms with van der Waals surface area (Å²) >= 11 is 1.24. The first-order valence-corrected chi connectivity index (χ1v) is 10.1. The van der Waals surface area contributed by atoms with E-state index in [0.29, 0.717) is 18.1 Å². The van der Waals surface area contributed by atoms with Crippen LogP contribution >= 0.6 is 11.8 Å². The number of esters is 1. The standard InChI is InChI=1S/C20H19N5O3S/c1-28-19(27)17-11-14-7-5-6-8-15(14)12-24(17)18(26)13-29-20-21-22-23-25(20)16-9-3-2-4-10-16/h2-10,17H,11-13H2,1H3/t17-/m0/s1. The fraction of sp³-hybridized carbons (Fsp3) is 0.250. The highest BCUT2D eigenvalue weighted by molar-refractivity contribution is 7.99. The van der Waals surface area contributed by atoms with E-state index in [-0.39, 0.29) is 11.7 Å². The largest absolute Gasteiger partial charge is 0.467 e. The number of hydrogen-bond donors (Lipinski definition) is 0. The summed E-state index contributed by atoms with van der Waals surface area (Å²) in [6.07, 6.45) is 0.445. The number of carbonyl (C=O) groups is 2. The van der Waals surface area contributed by atoms with E-state index >= 15 is 0 Å². The van der Waals surface area contributed by atoms with Crippen LogP contribution in [0.25, 0.3) is 5.69 Å². The number of thioether (sulfide) groups is 1. The monoisotopic (exact) mass is 409 g/mol. The first kappa shape index (κ1) is 19.1. The molecule has 0 fully saturated rings. The van der Waals surface area contributed by atoms with Gasteiger partial charge in [-0.2, -0.15) is 4.68 Å². The van der Waals surface area contributed by atoms with Crippen LogP contribution in [-0.2, 0) is 27.3 Å². The van der Waals surface area contributed by atoms with E-state index < -0.39 is 12.0 Å². The molecule has 0 N–H and O–H groups in total. The molecule has 0 spiro atoms. The van der Waals surface area contributed by atoms with Crippen molar-refractivity contribution < 1.29 is 14.3 Å². The first-order chi connectivity index (χ1) is 14.2. The fourth-order valence-electron chi connectivity index (χ4n) is 3.34. The smallest absolute Gasteiger partial charge is 0.328 e. The lowest BCUT2D eigenvalue weighted by molar-refractivity contribution is -0.153. The third-order valence-corrected chi connectivity index (χ3v) is 5.71. The number of ether oxygens (including phenoxy) is 1. The van der Waals surface area contributed by atoms with Gasteiger partial charge in [0.25, 0.3) is 0 Å². The Morgan fingerprint density at radius 2 is 1.83 bits per heavy atom. The van der Waals surface area contributed by atoms with Crippen LogP contribution in [0.2, 0.25) is 0 Å². The summed E-state index contributed by atoms with van der Waals surface area (Å²) in [7, 11) is 1.34. The molecule has 1 aliphatic heterocycles. The van der Waals surface area contributed by atoms with Gasteiger partial charge in [0, 0.05) is 13.0 Å². The molecular weight excluding hydrogens is 390 g/mol. The summed E-state index contributed by atoms with van der Waals surface area (Å²) < 4.78 is 6.52. The number of hydrogen-bond acceptors (Lipinski definition) is 7. The lowest BCUT2D eigenvalue weighted by atomic mass is 9.94. The molecule has 2 aromatic carbocycles. The van der Waals surface area contributed by atoms with Gasteiger partial charge >= 0.3 is 5.97 Å². The van der Waals surface area contributed by atoms with Crippen LogP contribution in [-0.4, -0.2) is 55.9 Å². The Morgan fingerprint density at radius 3 is 2.59 bits per heavy atom. The van der Waals surface area contributed by atoms with Gasteiger partial charge in [-0.1, -0.05) is 54.2 Å². The van der Waals surface area contributed by atoms with Gasteiger partial charge in [-0.05, 0) is 33.7 Å². The zero-order chi connectivity index (χ0) is 20.2. The van der Waals surface area contributed by atoms with E-state index in [9.17, 15) is 9.59 Å². The van der Waals surface area contributed by atoms with Crippen LogP contribution in [0.4, 0.5) is 0 Å². The van der Waals surface area contributed by atoms with Crippen LogP contribution in [0.3, 0.4) is 0 Å². The molecule has 3 aromatic rings. The number of rotatable bonds is 5. The van der Waals surface area contributed by atoms with Crippen LogP contribution in [0, 0.1) is 0 Å². The first-order valence-electron chi connectivity index (χ1n) is 9.08. The number of methoxy groups -OCH3 is 1. The third kappa shape index (κ3) is 4.00. The highest BCUT2D eigenvalue weighted by Crippen LogP contribution is 2.26. The molecular formula is C20H19N5O3S. The number of aromatic nitrogens is 4. The molecule has 8 nitrogen and oxygen atoms in total. The van der Waals surface area contributed by atoms with Crippen molar-refractivity contribution in [2.75, 3.05) is 12.9 Å². The second kappa shape index (κ2) is 8.44. The van der Waals surface area contributed by atoms with Gasteiger partial charge in [0.1, 0.15) is 6.04 Å². The predicted molar refractivity (Wildman–Crippen MR) is 106 cm³/mol. The van der Waals surface area contributed by atoms with Crippen molar-refractivity contribution >= 4 is 23.6 Å². The molecule has 0 radical (unpaired) electrons. The Labute approximate surface area is 171 Å². The molecule has 2 heterocycles. The van der Waals surface area contributed by atoms with Crippen LogP contribution in [0.1, 0.15) is 11.1 Å². The predicted octanol–water partition coefficient (Wildman–Crippen LogP) is 1.88. The molecule has 0 unspecified atom stereocenters. The van der Waals surface area contributed by atoms with Gasteiger partial charge in [-0.3, -0.25) is 4.79 Å². The minimum Gasteiger partial charge on any atom is -0.467 e. The zero-order valence-electron chi connectivity index (χ0n) is 15.8.